The molecular formula is C18H18ClNO. The van der Waals surface area contributed by atoms with Crippen molar-refractivity contribution in [1.29, 1.82) is 0 Å². The zero-order chi connectivity index (χ0) is 14.2. The quantitative estimate of drug-likeness (QED) is 0.802. The third-order valence-electron chi connectivity index (χ3n) is 4.60. The van der Waals surface area contributed by atoms with Crippen LogP contribution in [0, 0.1) is 5.92 Å². The molecule has 2 aromatic rings. The highest BCUT2D eigenvalue weighted by Crippen LogP contribution is 2.48. The smallest absolute Gasteiger partial charge is 0.0895 e. The molecule has 1 N–H and O–H groups in total. The number of anilines is 1. The average Bonchev–Trinajstić information content (AvgIpc) is 2.55. The van der Waals surface area contributed by atoms with Gasteiger partial charge in [0, 0.05) is 28.8 Å². The minimum atomic E-state index is 0.205. The third kappa shape index (κ3) is 2.33. The predicted octanol–water partition coefficient (Wildman–Crippen LogP) is 4.97. The van der Waals surface area contributed by atoms with Crippen LogP contribution in [0.4, 0.5) is 5.69 Å². The van der Waals surface area contributed by atoms with Gasteiger partial charge in [-0.25, -0.2) is 0 Å². The highest BCUT2D eigenvalue weighted by atomic mass is 35.5. The minimum absolute atomic E-state index is 0.205. The highest BCUT2D eigenvalue weighted by molar-refractivity contribution is 6.30. The second-order valence-corrected chi connectivity index (χ2v) is 6.29. The van der Waals surface area contributed by atoms with Gasteiger partial charge in [-0.05, 0) is 36.6 Å². The summed E-state index contributed by atoms with van der Waals surface area (Å²) in [5.74, 6) is 0.481. The molecule has 0 radical (unpaired) electrons. The van der Waals surface area contributed by atoms with Crippen molar-refractivity contribution in [2.75, 3.05) is 11.9 Å². The predicted molar refractivity (Wildman–Crippen MR) is 85.7 cm³/mol. The van der Waals surface area contributed by atoms with Gasteiger partial charge in [0.2, 0.25) is 0 Å². The van der Waals surface area contributed by atoms with Crippen molar-refractivity contribution in [3.63, 3.8) is 0 Å². The van der Waals surface area contributed by atoms with E-state index in [0.717, 1.165) is 18.1 Å². The average molecular weight is 300 g/mol. The number of benzene rings is 2. The first-order valence-corrected chi connectivity index (χ1v) is 7.93. The Morgan fingerprint density at radius 1 is 1.05 bits per heavy atom. The van der Waals surface area contributed by atoms with E-state index >= 15 is 0 Å². The van der Waals surface area contributed by atoms with Crippen LogP contribution in [-0.2, 0) is 4.74 Å². The number of hydrogen-bond donors (Lipinski definition) is 1. The van der Waals surface area contributed by atoms with Gasteiger partial charge in [0.15, 0.2) is 0 Å². The van der Waals surface area contributed by atoms with Crippen LogP contribution in [0.15, 0.2) is 48.5 Å². The fourth-order valence-corrected chi connectivity index (χ4v) is 3.74. The maximum atomic E-state index is 6.12. The molecule has 2 aromatic carbocycles. The van der Waals surface area contributed by atoms with Crippen LogP contribution in [0.1, 0.15) is 36.1 Å². The van der Waals surface area contributed by atoms with Crippen molar-refractivity contribution in [3.05, 3.63) is 64.7 Å². The fraction of sp³-hybridized carbons (Fsp3) is 0.333. The Labute approximate surface area is 130 Å². The molecule has 0 unspecified atom stereocenters. The Balaban J connectivity index is 1.76. The first-order chi connectivity index (χ1) is 10.3. The standard InChI is InChI=1S/C18H18ClNO/c19-13-9-7-12(8-10-13)17-15-5-3-11-21-18(15)14-4-1-2-6-16(14)20-17/h1-2,4,6-10,15,17-18,20H,3,5,11H2/t15-,17-,18+/m0/s1. The molecule has 1 fully saturated rings. The lowest BCUT2D eigenvalue weighted by atomic mass is 9.77. The van der Waals surface area contributed by atoms with Crippen LogP contribution in [-0.4, -0.2) is 6.61 Å². The molecular weight excluding hydrogens is 282 g/mol. The van der Waals surface area contributed by atoms with Crippen molar-refractivity contribution in [2.24, 2.45) is 5.92 Å². The van der Waals surface area contributed by atoms with Gasteiger partial charge in [-0.3, -0.25) is 0 Å². The molecule has 0 aliphatic carbocycles. The van der Waals surface area contributed by atoms with Crippen LogP contribution < -0.4 is 5.32 Å². The molecule has 0 spiro atoms. The molecule has 4 rings (SSSR count). The van der Waals surface area contributed by atoms with Gasteiger partial charge in [0.25, 0.3) is 0 Å². The van der Waals surface area contributed by atoms with Crippen LogP contribution >= 0.6 is 11.6 Å². The number of para-hydroxylation sites is 1. The molecule has 2 heterocycles. The third-order valence-corrected chi connectivity index (χ3v) is 4.86. The van der Waals surface area contributed by atoms with Gasteiger partial charge in [-0.15, -0.1) is 0 Å². The van der Waals surface area contributed by atoms with Gasteiger partial charge in [0.1, 0.15) is 0 Å². The monoisotopic (exact) mass is 299 g/mol. The molecule has 2 nitrogen and oxygen atoms in total. The number of halogens is 1. The minimum Gasteiger partial charge on any atom is -0.378 e. The summed E-state index contributed by atoms with van der Waals surface area (Å²) < 4.78 is 6.12. The summed E-state index contributed by atoms with van der Waals surface area (Å²) in [4.78, 5) is 0. The summed E-state index contributed by atoms with van der Waals surface area (Å²) in [6.07, 6.45) is 2.53. The van der Waals surface area contributed by atoms with Crippen LogP contribution in [0.3, 0.4) is 0 Å². The number of ether oxygens (including phenoxy) is 1. The van der Waals surface area contributed by atoms with E-state index in [1.165, 1.54) is 23.2 Å². The van der Waals surface area contributed by atoms with Gasteiger partial charge < -0.3 is 10.1 Å². The molecule has 0 saturated carbocycles. The first kappa shape index (κ1) is 13.2. The second kappa shape index (κ2) is 5.36. The molecule has 3 atom stereocenters. The lowest BCUT2D eigenvalue weighted by Crippen LogP contribution is -2.35. The van der Waals surface area contributed by atoms with Crippen molar-refractivity contribution in [3.8, 4) is 0 Å². The van der Waals surface area contributed by atoms with Crippen LogP contribution in [0.5, 0.6) is 0 Å². The number of rotatable bonds is 1. The Hall–Kier alpha value is -1.51. The molecule has 0 amide bonds. The SMILES string of the molecule is Clc1ccc([C@@H]2Nc3ccccc3[C@H]3OCCC[C@H]32)cc1. The van der Waals surface area contributed by atoms with Crippen LogP contribution in [0.25, 0.3) is 0 Å². The van der Waals surface area contributed by atoms with Gasteiger partial charge in [-0.1, -0.05) is 41.9 Å². The molecule has 2 aliphatic rings. The summed E-state index contributed by atoms with van der Waals surface area (Å²) in [6, 6.07) is 17.0. The second-order valence-electron chi connectivity index (χ2n) is 5.86. The largest absolute Gasteiger partial charge is 0.378 e. The van der Waals surface area contributed by atoms with E-state index in [4.69, 9.17) is 16.3 Å². The van der Waals surface area contributed by atoms with Crippen molar-refractivity contribution < 1.29 is 4.74 Å². The summed E-state index contributed by atoms with van der Waals surface area (Å²) in [5.41, 5.74) is 3.78. The van der Waals surface area contributed by atoms with Crippen molar-refractivity contribution >= 4 is 17.3 Å². The normalized spacial score (nSPS) is 27.4. The van der Waals surface area contributed by atoms with E-state index < -0.39 is 0 Å². The summed E-state index contributed by atoms with van der Waals surface area (Å²) in [6.45, 7) is 0.864. The van der Waals surface area contributed by atoms with E-state index in [2.05, 4.69) is 41.7 Å². The van der Waals surface area contributed by atoms with Gasteiger partial charge in [0.05, 0.1) is 12.1 Å². The Morgan fingerprint density at radius 3 is 2.71 bits per heavy atom. The van der Waals surface area contributed by atoms with E-state index in [1.807, 2.05) is 12.1 Å². The van der Waals surface area contributed by atoms with Crippen molar-refractivity contribution in [2.45, 2.75) is 25.0 Å². The zero-order valence-electron chi connectivity index (χ0n) is 11.8. The molecule has 1 saturated heterocycles. The Kier molecular flexibility index (Phi) is 3.36. The molecule has 21 heavy (non-hydrogen) atoms. The maximum absolute atomic E-state index is 6.12. The zero-order valence-corrected chi connectivity index (χ0v) is 12.5. The molecule has 108 valence electrons. The van der Waals surface area contributed by atoms with E-state index in [1.54, 1.807) is 0 Å². The highest BCUT2D eigenvalue weighted by Gasteiger charge is 2.39. The molecule has 2 aliphatic heterocycles. The molecule has 0 bridgehead atoms. The Morgan fingerprint density at radius 2 is 1.86 bits per heavy atom. The number of fused-ring (bicyclic) bond motifs is 3. The van der Waals surface area contributed by atoms with Gasteiger partial charge in [-0.2, -0.15) is 0 Å². The summed E-state index contributed by atoms with van der Waals surface area (Å²) in [7, 11) is 0. The fourth-order valence-electron chi connectivity index (χ4n) is 3.62. The van der Waals surface area contributed by atoms with E-state index in [-0.39, 0.29) is 6.10 Å². The first-order valence-electron chi connectivity index (χ1n) is 7.55. The van der Waals surface area contributed by atoms with Crippen molar-refractivity contribution in [1.82, 2.24) is 0 Å². The summed E-state index contributed by atoms with van der Waals surface area (Å²) >= 11 is 6.02. The number of nitrogens with one attached hydrogen (secondary N) is 1. The topological polar surface area (TPSA) is 21.3 Å². The van der Waals surface area contributed by atoms with E-state index in [0.29, 0.717) is 12.0 Å². The van der Waals surface area contributed by atoms with Gasteiger partial charge >= 0.3 is 0 Å². The van der Waals surface area contributed by atoms with Crippen LogP contribution in [0.2, 0.25) is 5.02 Å². The number of hydrogen-bond acceptors (Lipinski definition) is 2. The van der Waals surface area contributed by atoms with E-state index in [9.17, 15) is 0 Å². The maximum Gasteiger partial charge on any atom is 0.0895 e. The molecule has 3 heteroatoms. The molecule has 0 aromatic heterocycles. The summed E-state index contributed by atoms with van der Waals surface area (Å²) in [5, 5.41) is 4.49. The Bertz CT molecular complexity index is 640. The lowest BCUT2D eigenvalue weighted by Gasteiger charge is -2.43. The lowest BCUT2D eigenvalue weighted by molar-refractivity contribution is -0.0381.